The second-order valence-electron chi connectivity index (χ2n) is 4.83. The predicted octanol–water partition coefficient (Wildman–Crippen LogP) is 5.48. The maximum absolute atomic E-state index is 12.7. The lowest BCUT2D eigenvalue weighted by Gasteiger charge is -2.05. The van der Waals surface area contributed by atoms with Gasteiger partial charge in [0.1, 0.15) is 5.69 Å². The van der Waals surface area contributed by atoms with E-state index in [1.54, 1.807) is 24.3 Å². The highest BCUT2D eigenvalue weighted by molar-refractivity contribution is 6.36. The van der Waals surface area contributed by atoms with Gasteiger partial charge in [-0.2, -0.15) is 13.2 Å². The summed E-state index contributed by atoms with van der Waals surface area (Å²) in [4.78, 5) is 6.39. The summed E-state index contributed by atoms with van der Waals surface area (Å²) in [5.41, 5.74) is 0.886. The molecule has 2 heterocycles. The number of aromatic amines is 1. The lowest BCUT2D eigenvalue weighted by atomic mass is 10.1. The fourth-order valence-corrected chi connectivity index (χ4v) is 2.76. The largest absolute Gasteiger partial charge is 0.433 e. The minimum absolute atomic E-state index is 0.375. The van der Waals surface area contributed by atoms with Crippen LogP contribution < -0.4 is 0 Å². The van der Waals surface area contributed by atoms with Crippen molar-refractivity contribution in [3.8, 4) is 0 Å². The number of H-pyrrole nitrogens is 1. The average molecular weight is 345 g/mol. The minimum atomic E-state index is -4.47. The van der Waals surface area contributed by atoms with Crippen LogP contribution in [0, 0.1) is 0 Å². The monoisotopic (exact) mass is 344 g/mol. The lowest BCUT2D eigenvalue weighted by Crippen LogP contribution is -2.07. The van der Waals surface area contributed by atoms with Gasteiger partial charge >= 0.3 is 6.18 Å². The molecule has 114 valence electrons. The van der Waals surface area contributed by atoms with Gasteiger partial charge < -0.3 is 4.98 Å². The zero-order valence-corrected chi connectivity index (χ0v) is 12.5. The zero-order valence-electron chi connectivity index (χ0n) is 11.0. The smallest absolute Gasteiger partial charge is 0.358 e. The van der Waals surface area contributed by atoms with Crippen molar-refractivity contribution in [3.05, 3.63) is 63.5 Å². The molecule has 1 aromatic carbocycles. The molecule has 2 nitrogen and oxygen atoms in total. The summed E-state index contributed by atoms with van der Waals surface area (Å²) in [6.07, 6.45) is -2.87. The summed E-state index contributed by atoms with van der Waals surface area (Å²) in [6.45, 7) is 0. The molecule has 0 amide bonds. The van der Waals surface area contributed by atoms with E-state index < -0.39 is 11.9 Å². The number of nitrogens with zero attached hydrogens (tertiary/aromatic N) is 1. The fourth-order valence-electron chi connectivity index (χ4n) is 2.23. The van der Waals surface area contributed by atoms with Gasteiger partial charge in [0.05, 0.1) is 0 Å². The van der Waals surface area contributed by atoms with Crippen LogP contribution in [0.3, 0.4) is 0 Å². The molecule has 1 N–H and O–H groups in total. The summed E-state index contributed by atoms with van der Waals surface area (Å²) >= 11 is 12.2. The van der Waals surface area contributed by atoms with E-state index in [0.717, 1.165) is 11.6 Å². The Morgan fingerprint density at radius 3 is 2.41 bits per heavy atom. The van der Waals surface area contributed by atoms with Crippen LogP contribution in [0.5, 0.6) is 0 Å². The highest BCUT2D eigenvalue weighted by atomic mass is 35.5. The summed E-state index contributed by atoms with van der Waals surface area (Å²) in [5, 5.41) is 1.63. The van der Waals surface area contributed by atoms with Gasteiger partial charge in [-0.3, -0.25) is 4.98 Å². The molecule has 0 aliphatic rings. The second kappa shape index (κ2) is 5.48. The number of halogens is 5. The van der Waals surface area contributed by atoms with Gasteiger partial charge in [0.2, 0.25) is 0 Å². The van der Waals surface area contributed by atoms with Crippen LogP contribution in [-0.2, 0) is 12.6 Å². The fraction of sp³-hybridized carbons (Fsp3) is 0.133. The average Bonchev–Trinajstić information content (AvgIpc) is 2.83. The summed E-state index contributed by atoms with van der Waals surface area (Å²) < 4.78 is 38.0. The van der Waals surface area contributed by atoms with E-state index in [2.05, 4.69) is 9.97 Å². The van der Waals surface area contributed by atoms with Crippen LogP contribution in [0.2, 0.25) is 10.0 Å². The highest BCUT2D eigenvalue weighted by Crippen LogP contribution is 2.31. The van der Waals surface area contributed by atoms with Crippen LogP contribution in [-0.4, -0.2) is 9.97 Å². The third-order valence-corrected chi connectivity index (χ3v) is 3.99. The molecular formula is C15H9Cl2F3N2. The highest BCUT2D eigenvalue weighted by Gasteiger charge is 2.32. The van der Waals surface area contributed by atoms with Crippen molar-refractivity contribution in [2.24, 2.45) is 0 Å². The van der Waals surface area contributed by atoms with E-state index in [9.17, 15) is 13.2 Å². The number of aromatic nitrogens is 2. The Balaban J connectivity index is 1.99. The van der Waals surface area contributed by atoms with Gasteiger partial charge in [-0.1, -0.05) is 29.3 Å². The van der Waals surface area contributed by atoms with E-state index in [0.29, 0.717) is 33.1 Å². The van der Waals surface area contributed by atoms with Crippen LogP contribution in [0.25, 0.3) is 10.9 Å². The molecule has 0 radical (unpaired) electrons. The van der Waals surface area contributed by atoms with Crippen molar-refractivity contribution in [1.29, 1.82) is 0 Å². The Morgan fingerprint density at radius 2 is 1.77 bits per heavy atom. The van der Waals surface area contributed by atoms with Crippen molar-refractivity contribution in [2.45, 2.75) is 12.6 Å². The molecule has 0 saturated heterocycles. The quantitative estimate of drug-likeness (QED) is 0.655. The Hall–Kier alpha value is -1.72. The number of pyridine rings is 1. The van der Waals surface area contributed by atoms with Gasteiger partial charge in [-0.25, -0.2) is 0 Å². The van der Waals surface area contributed by atoms with Gasteiger partial charge in [0, 0.05) is 39.3 Å². The molecule has 0 atom stereocenters. The molecule has 0 saturated carbocycles. The van der Waals surface area contributed by atoms with Gasteiger partial charge in [0.25, 0.3) is 0 Å². The molecular weight excluding hydrogens is 336 g/mol. The van der Waals surface area contributed by atoms with Crippen LogP contribution >= 0.6 is 23.2 Å². The molecule has 0 aliphatic heterocycles. The molecule has 0 bridgehead atoms. The van der Waals surface area contributed by atoms with E-state index in [-0.39, 0.29) is 0 Å². The standard InChI is InChI=1S/C15H9Cl2F3N2/c16-11-2-1-3-12(17)10(11)5-9-4-8-7-21-14(15(18,19)20)6-13(8)22-9/h1-4,6-7,22H,5H2. The molecule has 0 spiro atoms. The predicted molar refractivity (Wildman–Crippen MR) is 80.4 cm³/mol. The summed E-state index contributed by atoms with van der Waals surface area (Å²) in [5.74, 6) is 0. The first-order valence-corrected chi connectivity index (χ1v) is 7.08. The third kappa shape index (κ3) is 2.91. The number of nitrogens with one attached hydrogen (secondary N) is 1. The van der Waals surface area contributed by atoms with E-state index in [4.69, 9.17) is 23.2 Å². The molecule has 22 heavy (non-hydrogen) atoms. The molecule has 7 heteroatoms. The molecule has 3 rings (SSSR count). The molecule has 3 aromatic rings. The van der Waals surface area contributed by atoms with Gasteiger partial charge in [-0.15, -0.1) is 0 Å². The van der Waals surface area contributed by atoms with E-state index in [1.807, 2.05) is 0 Å². The first kappa shape index (κ1) is 15.2. The van der Waals surface area contributed by atoms with Gasteiger partial charge in [-0.05, 0) is 29.8 Å². The van der Waals surface area contributed by atoms with E-state index in [1.165, 1.54) is 6.20 Å². The number of alkyl halides is 3. The maximum Gasteiger partial charge on any atom is 0.433 e. The van der Waals surface area contributed by atoms with Crippen LogP contribution in [0.4, 0.5) is 13.2 Å². The Bertz CT molecular complexity index is 820. The van der Waals surface area contributed by atoms with E-state index >= 15 is 0 Å². The van der Waals surface area contributed by atoms with Crippen molar-refractivity contribution >= 4 is 34.1 Å². The summed E-state index contributed by atoms with van der Waals surface area (Å²) in [6, 6.07) is 7.90. The summed E-state index contributed by atoms with van der Waals surface area (Å²) in [7, 11) is 0. The van der Waals surface area contributed by atoms with Crippen LogP contribution in [0.15, 0.2) is 36.5 Å². The van der Waals surface area contributed by atoms with Crippen molar-refractivity contribution in [2.75, 3.05) is 0 Å². The SMILES string of the molecule is FC(F)(F)c1cc2[nH]c(Cc3c(Cl)cccc3Cl)cc2cn1. The van der Waals surface area contributed by atoms with Crippen LogP contribution in [0.1, 0.15) is 17.0 Å². The molecule has 2 aromatic heterocycles. The second-order valence-corrected chi connectivity index (χ2v) is 5.64. The normalized spacial score (nSPS) is 12.0. The molecule has 0 fully saturated rings. The third-order valence-electron chi connectivity index (χ3n) is 3.28. The van der Waals surface area contributed by atoms with Crippen molar-refractivity contribution < 1.29 is 13.2 Å². The zero-order chi connectivity index (χ0) is 15.9. The Morgan fingerprint density at radius 1 is 1.09 bits per heavy atom. The number of fused-ring (bicyclic) bond motifs is 1. The number of hydrogen-bond donors (Lipinski definition) is 1. The topological polar surface area (TPSA) is 28.7 Å². The number of rotatable bonds is 2. The number of benzene rings is 1. The minimum Gasteiger partial charge on any atom is -0.358 e. The van der Waals surface area contributed by atoms with Gasteiger partial charge in [0.15, 0.2) is 0 Å². The first-order chi connectivity index (χ1) is 10.3. The van der Waals surface area contributed by atoms with Crippen molar-refractivity contribution in [1.82, 2.24) is 9.97 Å². The number of hydrogen-bond acceptors (Lipinski definition) is 1. The first-order valence-electron chi connectivity index (χ1n) is 6.32. The lowest BCUT2D eigenvalue weighted by molar-refractivity contribution is -0.141. The molecule has 0 aliphatic carbocycles. The Labute approximate surface area is 133 Å². The van der Waals surface area contributed by atoms with Crippen molar-refractivity contribution in [3.63, 3.8) is 0 Å². The molecule has 0 unspecified atom stereocenters. The Kier molecular flexibility index (Phi) is 3.78. The maximum atomic E-state index is 12.7.